The van der Waals surface area contributed by atoms with Crippen LogP contribution in [0.1, 0.15) is 23.2 Å². The standard InChI is InChI=1S/C14H20N2O3/c1-19-13-5-4-11(7-12(13)17)14(18)16-9-10-3-2-6-15-8-10/h4-5,7,10,15,17H,2-3,6,8-9H2,1H3,(H,16,18). The van der Waals surface area contributed by atoms with E-state index in [9.17, 15) is 9.90 Å². The number of methoxy groups -OCH3 is 1. The average molecular weight is 264 g/mol. The van der Waals surface area contributed by atoms with Gasteiger partial charge in [-0.05, 0) is 50.0 Å². The van der Waals surface area contributed by atoms with Gasteiger partial charge in [0.2, 0.25) is 0 Å². The van der Waals surface area contributed by atoms with Crippen LogP contribution in [0.3, 0.4) is 0 Å². The number of piperidine rings is 1. The Balaban J connectivity index is 1.90. The van der Waals surface area contributed by atoms with Crippen molar-refractivity contribution in [2.45, 2.75) is 12.8 Å². The van der Waals surface area contributed by atoms with E-state index < -0.39 is 0 Å². The summed E-state index contributed by atoms with van der Waals surface area (Å²) in [6.45, 7) is 2.68. The van der Waals surface area contributed by atoms with Gasteiger partial charge in [-0.2, -0.15) is 0 Å². The molecule has 0 bridgehead atoms. The van der Waals surface area contributed by atoms with Crippen LogP contribution in [0.15, 0.2) is 18.2 Å². The van der Waals surface area contributed by atoms with Crippen LogP contribution in [0.25, 0.3) is 0 Å². The highest BCUT2D eigenvalue weighted by Crippen LogP contribution is 2.26. The summed E-state index contributed by atoms with van der Waals surface area (Å²) in [5.74, 6) is 0.676. The molecule has 104 valence electrons. The minimum atomic E-state index is -0.163. The number of carbonyl (C=O) groups excluding carboxylic acids is 1. The molecular formula is C14H20N2O3. The van der Waals surface area contributed by atoms with E-state index in [0.717, 1.165) is 25.9 Å². The first-order valence-corrected chi connectivity index (χ1v) is 6.56. The van der Waals surface area contributed by atoms with E-state index in [1.807, 2.05) is 0 Å². The molecule has 1 fully saturated rings. The summed E-state index contributed by atoms with van der Waals surface area (Å²) in [7, 11) is 1.48. The van der Waals surface area contributed by atoms with Gasteiger partial charge in [0.15, 0.2) is 11.5 Å². The number of hydrogen-bond acceptors (Lipinski definition) is 4. The minimum Gasteiger partial charge on any atom is -0.504 e. The summed E-state index contributed by atoms with van der Waals surface area (Å²) in [5, 5.41) is 15.9. The second-order valence-electron chi connectivity index (χ2n) is 4.81. The maximum absolute atomic E-state index is 12.0. The molecule has 0 aromatic heterocycles. The van der Waals surface area contributed by atoms with Crippen molar-refractivity contribution in [3.63, 3.8) is 0 Å². The van der Waals surface area contributed by atoms with Gasteiger partial charge >= 0.3 is 0 Å². The Bertz CT molecular complexity index is 442. The van der Waals surface area contributed by atoms with E-state index in [0.29, 0.717) is 23.8 Å². The molecule has 0 spiro atoms. The van der Waals surface area contributed by atoms with Gasteiger partial charge in [-0.3, -0.25) is 4.79 Å². The van der Waals surface area contributed by atoms with Crippen molar-refractivity contribution in [3.8, 4) is 11.5 Å². The highest BCUT2D eigenvalue weighted by Gasteiger charge is 2.15. The molecular weight excluding hydrogens is 244 g/mol. The lowest BCUT2D eigenvalue weighted by molar-refractivity contribution is 0.0944. The smallest absolute Gasteiger partial charge is 0.251 e. The molecule has 0 aliphatic carbocycles. The number of phenols is 1. The number of ether oxygens (including phenoxy) is 1. The summed E-state index contributed by atoms with van der Waals surface area (Å²) in [5.41, 5.74) is 0.446. The van der Waals surface area contributed by atoms with E-state index >= 15 is 0 Å². The molecule has 5 nitrogen and oxygen atoms in total. The number of phenolic OH excluding ortho intramolecular Hbond substituents is 1. The number of carbonyl (C=O) groups is 1. The molecule has 1 aliphatic heterocycles. The molecule has 1 unspecified atom stereocenters. The van der Waals surface area contributed by atoms with Crippen LogP contribution in [0.2, 0.25) is 0 Å². The van der Waals surface area contributed by atoms with Gasteiger partial charge in [-0.15, -0.1) is 0 Å². The van der Waals surface area contributed by atoms with Crippen molar-refractivity contribution in [2.24, 2.45) is 5.92 Å². The summed E-state index contributed by atoms with van der Waals surface area (Å²) < 4.78 is 4.94. The fourth-order valence-corrected chi connectivity index (χ4v) is 2.27. The van der Waals surface area contributed by atoms with Crippen molar-refractivity contribution in [1.82, 2.24) is 10.6 Å². The van der Waals surface area contributed by atoms with Crippen LogP contribution in [0.4, 0.5) is 0 Å². The van der Waals surface area contributed by atoms with Crippen LogP contribution in [-0.4, -0.2) is 37.8 Å². The number of amides is 1. The summed E-state index contributed by atoms with van der Waals surface area (Å²) in [6, 6.07) is 4.66. The number of nitrogens with one attached hydrogen (secondary N) is 2. The first kappa shape index (κ1) is 13.7. The van der Waals surface area contributed by atoms with Gasteiger partial charge < -0.3 is 20.5 Å². The Labute approximate surface area is 113 Å². The highest BCUT2D eigenvalue weighted by atomic mass is 16.5. The lowest BCUT2D eigenvalue weighted by Crippen LogP contribution is -2.38. The van der Waals surface area contributed by atoms with Crippen LogP contribution >= 0.6 is 0 Å². The van der Waals surface area contributed by atoms with Gasteiger partial charge in [0.25, 0.3) is 5.91 Å². The Hall–Kier alpha value is -1.75. The first-order valence-electron chi connectivity index (χ1n) is 6.56. The molecule has 5 heteroatoms. The van der Waals surface area contributed by atoms with E-state index in [2.05, 4.69) is 10.6 Å². The van der Waals surface area contributed by atoms with Crippen molar-refractivity contribution >= 4 is 5.91 Å². The zero-order chi connectivity index (χ0) is 13.7. The monoisotopic (exact) mass is 264 g/mol. The second-order valence-corrected chi connectivity index (χ2v) is 4.81. The summed E-state index contributed by atoms with van der Waals surface area (Å²) in [6.07, 6.45) is 2.30. The molecule has 2 rings (SSSR count). The summed E-state index contributed by atoms with van der Waals surface area (Å²) in [4.78, 5) is 12.0. The quantitative estimate of drug-likeness (QED) is 0.762. The van der Waals surface area contributed by atoms with Crippen molar-refractivity contribution in [1.29, 1.82) is 0 Å². The molecule has 0 saturated carbocycles. The van der Waals surface area contributed by atoms with Gasteiger partial charge in [-0.1, -0.05) is 0 Å². The molecule has 1 aromatic carbocycles. The zero-order valence-corrected chi connectivity index (χ0v) is 11.1. The molecule has 1 aromatic rings. The average Bonchev–Trinajstić information content (AvgIpc) is 2.45. The normalized spacial score (nSPS) is 18.9. The van der Waals surface area contributed by atoms with Gasteiger partial charge in [0.05, 0.1) is 7.11 Å². The van der Waals surface area contributed by atoms with Crippen LogP contribution < -0.4 is 15.4 Å². The zero-order valence-electron chi connectivity index (χ0n) is 11.1. The summed E-state index contributed by atoms with van der Waals surface area (Å²) >= 11 is 0. The third kappa shape index (κ3) is 3.61. The fraction of sp³-hybridized carbons (Fsp3) is 0.500. The third-order valence-electron chi connectivity index (χ3n) is 3.39. The fourth-order valence-electron chi connectivity index (χ4n) is 2.27. The van der Waals surface area contributed by atoms with Crippen molar-refractivity contribution in [2.75, 3.05) is 26.7 Å². The van der Waals surface area contributed by atoms with Gasteiger partial charge in [0, 0.05) is 12.1 Å². The number of aromatic hydroxyl groups is 1. The van der Waals surface area contributed by atoms with Crippen molar-refractivity contribution < 1.29 is 14.6 Å². The maximum atomic E-state index is 12.0. The molecule has 1 aliphatic rings. The van der Waals surface area contributed by atoms with E-state index in [-0.39, 0.29) is 11.7 Å². The number of benzene rings is 1. The van der Waals surface area contributed by atoms with Crippen LogP contribution in [0, 0.1) is 5.92 Å². The Morgan fingerprint density at radius 1 is 1.58 bits per heavy atom. The Kier molecular flexibility index (Phi) is 4.63. The molecule has 1 atom stereocenters. The predicted octanol–water partition coefficient (Wildman–Crippen LogP) is 1.13. The topological polar surface area (TPSA) is 70.6 Å². The maximum Gasteiger partial charge on any atom is 0.251 e. The molecule has 1 saturated heterocycles. The highest BCUT2D eigenvalue weighted by molar-refractivity contribution is 5.94. The lowest BCUT2D eigenvalue weighted by Gasteiger charge is -2.22. The molecule has 19 heavy (non-hydrogen) atoms. The van der Waals surface area contributed by atoms with E-state index in [4.69, 9.17) is 4.74 Å². The third-order valence-corrected chi connectivity index (χ3v) is 3.39. The number of hydrogen-bond donors (Lipinski definition) is 3. The van der Waals surface area contributed by atoms with Gasteiger partial charge in [0.1, 0.15) is 0 Å². The number of rotatable bonds is 4. The van der Waals surface area contributed by atoms with Gasteiger partial charge in [-0.25, -0.2) is 0 Å². The van der Waals surface area contributed by atoms with E-state index in [1.165, 1.54) is 13.2 Å². The van der Waals surface area contributed by atoms with E-state index in [1.54, 1.807) is 12.1 Å². The predicted molar refractivity (Wildman–Crippen MR) is 72.6 cm³/mol. The largest absolute Gasteiger partial charge is 0.504 e. The van der Waals surface area contributed by atoms with Crippen LogP contribution in [0.5, 0.6) is 11.5 Å². The van der Waals surface area contributed by atoms with Crippen LogP contribution in [-0.2, 0) is 0 Å². The second kappa shape index (κ2) is 6.43. The Morgan fingerprint density at radius 3 is 3.05 bits per heavy atom. The lowest BCUT2D eigenvalue weighted by atomic mass is 9.99. The van der Waals surface area contributed by atoms with Crippen molar-refractivity contribution in [3.05, 3.63) is 23.8 Å². The molecule has 1 amide bonds. The Morgan fingerprint density at radius 2 is 2.42 bits per heavy atom. The molecule has 0 radical (unpaired) electrons. The SMILES string of the molecule is COc1ccc(C(=O)NCC2CCCNC2)cc1O. The minimum absolute atomic E-state index is 0.0190. The first-order chi connectivity index (χ1) is 9.20. The molecule has 1 heterocycles. The molecule has 3 N–H and O–H groups in total.